The Morgan fingerprint density at radius 1 is 0.350 bits per heavy atom. The van der Waals surface area contributed by atoms with Crippen LogP contribution in [0.25, 0.3) is 0 Å². The first-order valence-electron chi connectivity index (χ1n) is 32.2. The van der Waals surface area contributed by atoms with Crippen molar-refractivity contribution in [3.05, 3.63) is 0 Å². The first kappa shape index (κ1) is 78.1. The Morgan fingerprint density at radius 3 is 0.887 bits per heavy atom. The third-order valence-corrected chi connectivity index (χ3v) is 16.3. The number of aliphatic hydroxyl groups excluding tert-OH is 1. The number of phosphoric ester groups is 2. The van der Waals surface area contributed by atoms with E-state index in [2.05, 4.69) is 34.6 Å². The molecule has 0 aromatic heterocycles. The van der Waals surface area contributed by atoms with Gasteiger partial charge in [-0.1, -0.05) is 253 Å². The van der Waals surface area contributed by atoms with Crippen molar-refractivity contribution in [1.82, 2.24) is 0 Å². The molecule has 0 radical (unpaired) electrons. The Kier molecular flexibility index (Phi) is 53.6. The van der Waals surface area contributed by atoms with Crippen LogP contribution in [-0.4, -0.2) is 96.7 Å². The SMILES string of the molecule is CCCCCCCCCCCCC(=O)OC[C@H](COP(=O)(O)OC[C@@H](O)COP(=O)(O)OC[C@@H](COC(=O)CCCCCCCCC)OC(=O)CCCCCCCCCCC)OC(=O)CCCCCCCCCCCCC(C)CC. The van der Waals surface area contributed by atoms with E-state index in [1.54, 1.807) is 0 Å². The monoisotopic (exact) mass is 1180 g/mol. The Morgan fingerprint density at radius 2 is 0.600 bits per heavy atom. The second kappa shape index (κ2) is 55.0. The molecule has 3 N–H and O–H groups in total. The number of carbonyl (C=O) groups is 4. The summed E-state index contributed by atoms with van der Waals surface area (Å²) >= 11 is 0. The minimum Gasteiger partial charge on any atom is -0.462 e. The summed E-state index contributed by atoms with van der Waals surface area (Å²) in [6, 6.07) is 0. The van der Waals surface area contributed by atoms with Gasteiger partial charge in [-0.05, 0) is 31.6 Å². The molecule has 0 aromatic carbocycles. The van der Waals surface area contributed by atoms with Gasteiger partial charge >= 0.3 is 39.5 Å². The van der Waals surface area contributed by atoms with Crippen molar-refractivity contribution in [1.29, 1.82) is 0 Å². The van der Waals surface area contributed by atoms with Crippen molar-refractivity contribution in [3.8, 4) is 0 Å². The normalized spacial score (nSPS) is 14.7. The lowest BCUT2D eigenvalue weighted by molar-refractivity contribution is -0.161. The van der Waals surface area contributed by atoms with Crippen molar-refractivity contribution in [3.63, 3.8) is 0 Å². The van der Waals surface area contributed by atoms with Crippen LogP contribution < -0.4 is 0 Å². The van der Waals surface area contributed by atoms with Gasteiger partial charge in [0.15, 0.2) is 12.2 Å². The van der Waals surface area contributed by atoms with Gasteiger partial charge in [0, 0.05) is 25.7 Å². The smallest absolute Gasteiger partial charge is 0.462 e. The third-order valence-electron chi connectivity index (χ3n) is 14.4. The number of aliphatic hydroxyl groups is 1. The van der Waals surface area contributed by atoms with E-state index < -0.39 is 97.5 Å². The van der Waals surface area contributed by atoms with Crippen molar-refractivity contribution >= 4 is 39.5 Å². The average molecular weight is 1190 g/mol. The van der Waals surface area contributed by atoms with Gasteiger partial charge in [-0.25, -0.2) is 9.13 Å². The predicted octanol–water partition coefficient (Wildman–Crippen LogP) is 16.6. The van der Waals surface area contributed by atoms with Crippen molar-refractivity contribution in [2.45, 2.75) is 323 Å². The minimum atomic E-state index is -4.94. The number of hydrogen-bond donors (Lipinski definition) is 3. The molecule has 474 valence electrons. The van der Waals surface area contributed by atoms with Gasteiger partial charge in [-0.2, -0.15) is 0 Å². The van der Waals surface area contributed by atoms with E-state index in [4.69, 9.17) is 37.0 Å². The van der Waals surface area contributed by atoms with Crippen LogP contribution in [0.5, 0.6) is 0 Å². The molecule has 80 heavy (non-hydrogen) atoms. The molecule has 6 atom stereocenters. The Hall–Kier alpha value is -1.94. The van der Waals surface area contributed by atoms with E-state index in [0.717, 1.165) is 109 Å². The van der Waals surface area contributed by atoms with E-state index in [0.29, 0.717) is 25.7 Å². The van der Waals surface area contributed by atoms with Crippen LogP contribution >= 0.6 is 15.6 Å². The predicted molar refractivity (Wildman–Crippen MR) is 317 cm³/mol. The minimum absolute atomic E-state index is 0.105. The summed E-state index contributed by atoms with van der Waals surface area (Å²) in [7, 11) is -9.87. The van der Waals surface area contributed by atoms with Crippen molar-refractivity contribution in [2.24, 2.45) is 5.92 Å². The summed E-state index contributed by atoms with van der Waals surface area (Å²) in [5, 5.41) is 10.5. The molecule has 0 rings (SSSR count). The zero-order valence-corrected chi connectivity index (χ0v) is 53.0. The second-order valence-corrected chi connectivity index (χ2v) is 25.2. The maximum atomic E-state index is 12.9. The van der Waals surface area contributed by atoms with Gasteiger partial charge in [-0.3, -0.25) is 37.3 Å². The van der Waals surface area contributed by atoms with Crippen LogP contribution in [0.1, 0.15) is 304 Å². The molecule has 0 heterocycles. The van der Waals surface area contributed by atoms with Crippen LogP contribution in [0.2, 0.25) is 0 Å². The fourth-order valence-corrected chi connectivity index (χ4v) is 10.6. The first-order valence-corrected chi connectivity index (χ1v) is 35.2. The van der Waals surface area contributed by atoms with Crippen molar-refractivity contribution in [2.75, 3.05) is 39.6 Å². The van der Waals surface area contributed by atoms with Crippen LogP contribution in [0.4, 0.5) is 0 Å². The Bertz CT molecular complexity index is 1570. The van der Waals surface area contributed by atoms with Crippen molar-refractivity contribution < 1.29 is 80.2 Å². The standard InChI is InChI=1S/C61H118O17P2/c1-6-10-13-16-19-21-26-30-35-40-45-59(64)72-51-57(78-61(66)47-42-37-32-27-23-22-25-29-33-38-43-54(5)9-4)53-76-80(69,70)74-49-55(62)48-73-79(67,68)75-52-56(50-71-58(63)44-39-34-28-18-15-12-8-3)77-60(65)46-41-36-31-24-20-17-14-11-7-2/h54-57,62H,6-53H2,1-5H3,(H,67,68)(H,69,70)/t54?,55-,56+,57+/m0/s1. The summed E-state index contributed by atoms with van der Waals surface area (Å²) in [4.78, 5) is 71.9. The molecule has 17 nitrogen and oxygen atoms in total. The van der Waals surface area contributed by atoms with Crippen LogP contribution in [0, 0.1) is 5.92 Å². The number of carbonyl (C=O) groups excluding carboxylic acids is 4. The first-order chi connectivity index (χ1) is 38.6. The maximum Gasteiger partial charge on any atom is 0.472 e. The van der Waals surface area contributed by atoms with E-state index in [9.17, 15) is 43.2 Å². The highest BCUT2D eigenvalue weighted by molar-refractivity contribution is 7.47. The summed E-state index contributed by atoms with van der Waals surface area (Å²) in [5.41, 5.74) is 0. The molecule has 0 saturated carbocycles. The molecule has 0 aromatic rings. The van der Waals surface area contributed by atoms with Gasteiger partial charge < -0.3 is 33.8 Å². The Balaban J connectivity index is 5.21. The van der Waals surface area contributed by atoms with E-state index in [1.807, 2.05) is 0 Å². The zero-order chi connectivity index (χ0) is 59.2. The van der Waals surface area contributed by atoms with Gasteiger partial charge in [0.1, 0.15) is 19.3 Å². The summed E-state index contributed by atoms with van der Waals surface area (Å²) in [6.45, 7) is 7.13. The fraction of sp³-hybridized carbons (Fsp3) is 0.934. The highest BCUT2D eigenvalue weighted by atomic mass is 31.2. The molecule has 3 unspecified atom stereocenters. The molecule has 0 aliphatic heterocycles. The number of unbranched alkanes of at least 4 members (excludes halogenated alkanes) is 32. The average Bonchev–Trinajstić information content (AvgIpc) is 3.43. The summed E-state index contributed by atoms with van der Waals surface area (Å²) < 4.78 is 67.7. The Labute approximate surface area is 486 Å². The quantitative estimate of drug-likeness (QED) is 0.0222. The lowest BCUT2D eigenvalue weighted by atomic mass is 9.99. The van der Waals surface area contributed by atoms with E-state index >= 15 is 0 Å². The molecule has 0 aliphatic rings. The van der Waals surface area contributed by atoms with Crippen LogP contribution in [-0.2, 0) is 65.4 Å². The number of rotatable bonds is 61. The molecule has 19 heteroatoms. The van der Waals surface area contributed by atoms with E-state index in [-0.39, 0.29) is 25.7 Å². The lowest BCUT2D eigenvalue weighted by Crippen LogP contribution is -2.30. The summed E-state index contributed by atoms with van der Waals surface area (Å²) in [6.07, 6.45) is 37.5. The molecule has 0 amide bonds. The molecule has 0 aliphatic carbocycles. The molecule has 0 fully saturated rings. The van der Waals surface area contributed by atoms with Gasteiger partial charge in [0.2, 0.25) is 0 Å². The number of esters is 4. The molecule has 0 spiro atoms. The highest BCUT2D eigenvalue weighted by Gasteiger charge is 2.30. The summed E-state index contributed by atoms with van der Waals surface area (Å²) in [5.74, 6) is -1.34. The topological polar surface area (TPSA) is 237 Å². The molecular weight excluding hydrogens is 1070 g/mol. The number of ether oxygens (including phenoxy) is 4. The van der Waals surface area contributed by atoms with Crippen LogP contribution in [0.15, 0.2) is 0 Å². The lowest BCUT2D eigenvalue weighted by Gasteiger charge is -2.21. The maximum absolute atomic E-state index is 12.9. The highest BCUT2D eigenvalue weighted by Crippen LogP contribution is 2.45. The number of phosphoric acid groups is 2. The molecular formula is C61H118O17P2. The second-order valence-electron chi connectivity index (χ2n) is 22.3. The fourth-order valence-electron chi connectivity index (χ4n) is 9.02. The molecule has 0 bridgehead atoms. The van der Waals surface area contributed by atoms with E-state index in [1.165, 1.54) is 116 Å². The zero-order valence-electron chi connectivity index (χ0n) is 51.2. The largest absolute Gasteiger partial charge is 0.472 e. The van der Waals surface area contributed by atoms with Crippen LogP contribution in [0.3, 0.4) is 0 Å². The third kappa shape index (κ3) is 54.0. The van der Waals surface area contributed by atoms with Gasteiger partial charge in [-0.15, -0.1) is 0 Å². The van der Waals surface area contributed by atoms with Gasteiger partial charge in [0.25, 0.3) is 0 Å². The number of hydrogen-bond acceptors (Lipinski definition) is 15. The molecule has 0 saturated heterocycles. The van der Waals surface area contributed by atoms with Gasteiger partial charge in [0.05, 0.1) is 26.4 Å².